The average molecular weight is 650 g/mol. The summed E-state index contributed by atoms with van der Waals surface area (Å²) in [6, 6.07) is 10.5. The van der Waals surface area contributed by atoms with Crippen LogP contribution in [0.4, 0.5) is 19.0 Å². The van der Waals surface area contributed by atoms with Crippen LogP contribution in [-0.2, 0) is 24.3 Å². The van der Waals surface area contributed by atoms with E-state index in [9.17, 15) is 23.2 Å². The molecule has 1 aromatic carbocycles. The predicted molar refractivity (Wildman–Crippen MR) is 172 cm³/mol. The predicted octanol–water partition coefficient (Wildman–Crippen LogP) is 6.56. The second kappa shape index (κ2) is 11.2. The largest absolute Gasteiger partial charge is 0.393 e. The Bertz CT molecular complexity index is 1860. The molecule has 242 valence electrons. The van der Waals surface area contributed by atoms with Crippen molar-refractivity contribution >= 4 is 44.2 Å². The summed E-state index contributed by atoms with van der Waals surface area (Å²) >= 11 is 1.07. The lowest BCUT2D eigenvalue weighted by Crippen LogP contribution is -2.75. The molecule has 1 aliphatic heterocycles. The van der Waals surface area contributed by atoms with E-state index in [1.165, 1.54) is 17.5 Å². The fraction of sp³-hybridized carbons (Fsp3) is 0.529. The maximum Gasteiger partial charge on any atom is 0.393 e. The number of anilines is 1. The third-order valence-electron chi connectivity index (χ3n) is 11.0. The zero-order valence-corrected chi connectivity index (χ0v) is 27.1. The van der Waals surface area contributed by atoms with Crippen LogP contribution in [0.15, 0.2) is 30.6 Å². The number of nitrogens with one attached hydrogen (secondary N) is 2. The number of halogens is 3. The number of aryl methyl sites for hydroxylation is 1. The lowest BCUT2D eigenvalue weighted by Gasteiger charge is -2.74. The topological polar surface area (TPSA) is 98.9 Å². The molecule has 46 heavy (non-hydrogen) atoms. The molecule has 8 rings (SSSR count). The summed E-state index contributed by atoms with van der Waals surface area (Å²) in [5.41, 5.74) is 4.01. The number of rotatable bonds is 9. The molecule has 1 atom stereocenters. The zero-order valence-electron chi connectivity index (χ0n) is 26.3. The van der Waals surface area contributed by atoms with Crippen molar-refractivity contribution < 1.29 is 18.0 Å². The summed E-state index contributed by atoms with van der Waals surface area (Å²) in [5.74, 6) is 1.07. The number of thiophene rings is 1. The molecule has 3 aromatic heterocycles. The molecule has 4 heterocycles. The van der Waals surface area contributed by atoms with Crippen molar-refractivity contribution in [3.63, 3.8) is 0 Å². The van der Waals surface area contributed by atoms with Gasteiger partial charge < -0.3 is 15.2 Å². The number of alkyl halides is 3. The lowest BCUT2D eigenvalue weighted by atomic mass is 9.29. The summed E-state index contributed by atoms with van der Waals surface area (Å²) in [6.07, 6.45) is -0.262. The van der Waals surface area contributed by atoms with Crippen molar-refractivity contribution in [2.45, 2.75) is 78.2 Å². The van der Waals surface area contributed by atoms with E-state index in [0.29, 0.717) is 34.2 Å². The van der Waals surface area contributed by atoms with Crippen molar-refractivity contribution in [3.05, 3.63) is 52.3 Å². The fourth-order valence-corrected chi connectivity index (χ4v) is 9.36. The van der Waals surface area contributed by atoms with Crippen LogP contribution in [0.5, 0.6) is 0 Å². The van der Waals surface area contributed by atoms with Gasteiger partial charge in [0.25, 0.3) is 0 Å². The minimum Gasteiger partial charge on any atom is -0.367 e. The first-order valence-corrected chi connectivity index (χ1v) is 16.9. The molecule has 4 aromatic rings. The van der Waals surface area contributed by atoms with Crippen molar-refractivity contribution in [1.82, 2.24) is 24.8 Å². The first-order chi connectivity index (χ1) is 21.9. The molecular weight excluding hydrogens is 611 g/mol. The smallest absolute Gasteiger partial charge is 0.367 e. The first-order valence-electron chi connectivity index (χ1n) is 16.0. The Morgan fingerprint density at radius 2 is 1.93 bits per heavy atom. The van der Waals surface area contributed by atoms with Crippen molar-refractivity contribution in [2.75, 3.05) is 25.0 Å². The highest BCUT2D eigenvalue weighted by molar-refractivity contribution is 7.18. The molecule has 1 amide bonds. The number of aromatic nitrogens is 3. The second-order valence-corrected chi connectivity index (χ2v) is 14.7. The number of carbonyl (C=O) groups is 1. The summed E-state index contributed by atoms with van der Waals surface area (Å²) in [4.78, 5) is 24.5. The van der Waals surface area contributed by atoms with Gasteiger partial charge in [0.2, 0.25) is 5.91 Å². The number of piperidine rings is 1. The van der Waals surface area contributed by atoms with Crippen LogP contribution >= 0.6 is 11.3 Å². The Labute approximate surface area is 270 Å². The van der Waals surface area contributed by atoms with E-state index in [4.69, 9.17) is 0 Å². The van der Waals surface area contributed by atoms with Crippen LogP contribution in [0.2, 0.25) is 0 Å². The SMILES string of the molecule is CCNC(=O)C12CC(Cn3c(C#N)cc4c(C)c(CN5CCC(Nc6ncnc7sc(CC(F)(F)F)cc67)CC5)ccc43)(C1)[C@@H]2C. The number of amides is 1. The molecule has 2 N–H and O–H groups in total. The van der Waals surface area contributed by atoms with Gasteiger partial charge in [-0.05, 0) is 80.2 Å². The van der Waals surface area contributed by atoms with E-state index in [1.54, 1.807) is 6.07 Å². The van der Waals surface area contributed by atoms with Gasteiger partial charge in [0, 0.05) is 54.5 Å². The maximum absolute atomic E-state index is 12.9. The number of carbonyl (C=O) groups excluding carboxylic acids is 1. The van der Waals surface area contributed by atoms with Crippen LogP contribution in [-0.4, -0.2) is 57.2 Å². The number of benzene rings is 1. The van der Waals surface area contributed by atoms with Gasteiger partial charge in [-0.3, -0.25) is 9.69 Å². The zero-order chi connectivity index (χ0) is 32.4. The van der Waals surface area contributed by atoms with Gasteiger partial charge >= 0.3 is 6.18 Å². The minimum atomic E-state index is -4.26. The summed E-state index contributed by atoms with van der Waals surface area (Å²) in [5, 5.41) is 18.3. The third-order valence-corrected chi connectivity index (χ3v) is 12.0. The highest BCUT2D eigenvalue weighted by atomic mass is 32.1. The molecule has 4 aliphatic rings. The Morgan fingerprint density at radius 3 is 2.61 bits per heavy atom. The van der Waals surface area contributed by atoms with Crippen LogP contribution in [0.3, 0.4) is 0 Å². The standard InChI is InChI=1S/C34H38F3N7OS/c1-4-39-31(45)33-16-32(17-33,21(33)3)18-44-24(14-38)11-26-20(2)22(5-6-28(26)44)15-43-9-7-23(8-10-43)42-29-27-12-25(13-34(35,36)37)46-30(27)41-19-40-29/h5-6,11-12,19,21,23H,4,7-10,13,15-18H2,1-3H3,(H,39,45)(H,40,41,42)/t21-,32?,33?/m0/s1. The molecular formula is C34H38F3N7OS. The molecule has 1 saturated heterocycles. The minimum absolute atomic E-state index is 0.0694. The number of nitrogens with zero attached hydrogens (tertiary/aromatic N) is 5. The summed E-state index contributed by atoms with van der Waals surface area (Å²) in [6.45, 7) is 10.3. The van der Waals surface area contributed by atoms with Gasteiger partial charge in [-0.15, -0.1) is 11.3 Å². The summed E-state index contributed by atoms with van der Waals surface area (Å²) in [7, 11) is 0. The van der Waals surface area contributed by atoms with Crippen LogP contribution in [0.25, 0.3) is 21.1 Å². The Balaban J connectivity index is 1.00. The lowest BCUT2D eigenvalue weighted by molar-refractivity contribution is -0.262. The maximum atomic E-state index is 12.9. The molecule has 3 saturated carbocycles. The normalized spacial score (nSPS) is 24.8. The molecule has 0 spiro atoms. The van der Waals surface area contributed by atoms with Gasteiger partial charge in [-0.25, -0.2) is 9.97 Å². The molecule has 3 aliphatic carbocycles. The number of fused-ring (bicyclic) bond motifs is 2. The first kappa shape index (κ1) is 30.9. The van der Waals surface area contributed by atoms with Crippen LogP contribution in [0.1, 0.15) is 61.2 Å². The van der Waals surface area contributed by atoms with Gasteiger partial charge in [0.05, 0.1) is 17.2 Å². The molecule has 8 nitrogen and oxygen atoms in total. The number of likely N-dealkylation sites (tertiary alicyclic amines) is 1. The Morgan fingerprint density at radius 1 is 1.17 bits per heavy atom. The van der Waals surface area contributed by atoms with Gasteiger partial charge in [0.1, 0.15) is 28.7 Å². The second-order valence-electron chi connectivity index (χ2n) is 13.6. The quantitative estimate of drug-likeness (QED) is 0.213. The number of hydrogen-bond acceptors (Lipinski definition) is 7. The van der Waals surface area contributed by atoms with Gasteiger partial charge in [-0.1, -0.05) is 13.0 Å². The van der Waals surface area contributed by atoms with E-state index < -0.39 is 12.6 Å². The summed E-state index contributed by atoms with van der Waals surface area (Å²) < 4.78 is 41.0. The van der Waals surface area contributed by atoms with Crippen LogP contribution in [0, 0.1) is 35.0 Å². The third kappa shape index (κ3) is 5.12. The number of nitriles is 1. The van der Waals surface area contributed by atoms with Gasteiger partial charge in [0.15, 0.2) is 0 Å². The van der Waals surface area contributed by atoms with Crippen molar-refractivity contribution in [1.29, 1.82) is 5.26 Å². The van der Waals surface area contributed by atoms with E-state index in [-0.39, 0.29) is 27.7 Å². The fourth-order valence-electron chi connectivity index (χ4n) is 8.33. The van der Waals surface area contributed by atoms with Gasteiger partial charge in [-0.2, -0.15) is 18.4 Å². The van der Waals surface area contributed by atoms with Crippen molar-refractivity contribution in [3.8, 4) is 6.07 Å². The molecule has 2 bridgehead atoms. The number of hydrogen-bond donors (Lipinski definition) is 2. The van der Waals surface area contributed by atoms with E-state index in [0.717, 1.165) is 74.1 Å². The van der Waals surface area contributed by atoms with E-state index in [2.05, 4.69) is 62.1 Å². The molecule has 0 radical (unpaired) electrons. The monoisotopic (exact) mass is 649 g/mol. The molecule has 4 fully saturated rings. The Hall–Kier alpha value is -3.69. The van der Waals surface area contributed by atoms with Crippen LogP contribution < -0.4 is 10.6 Å². The average Bonchev–Trinajstić information content (AvgIpc) is 3.57. The Kier molecular flexibility index (Phi) is 7.55. The highest BCUT2D eigenvalue weighted by Gasteiger charge is 2.76. The van der Waals surface area contributed by atoms with E-state index in [1.807, 2.05) is 13.0 Å². The van der Waals surface area contributed by atoms with E-state index >= 15 is 0 Å². The molecule has 12 heteroatoms. The van der Waals surface area contributed by atoms with Crippen molar-refractivity contribution in [2.24, 2.45) is 16.7 Å². The highest BCUT2D eigenvalue weighted by Crippen LogP contribution is 2.77. The molecule has 0 unspecified atom stereocenters.